The highest BCUT2D eigenvalue weighted by Gasteiger charge is 2.39. The molecule has 0 saturated heterocycles. The first kappa shape index (κ1) is 15.3. The molecular weight excluding hydrogens is 292 g/mol. The molecule has 1 aliphatic carbocycles. The van der Waals surface area contributed by atoms with Crippen molar-refractivity contribution in [2.75, 3.05) is 0 Å². The number of carbonyl (C=O) groups is 1. The highest BCUT2D eigenvalue weighted by molar-refractivity contribution is 5.99. The second-order valence-electron chi connectivity index (χ2n) is 6.00. The van der Waals surface area contributed by atoms with Gasteiger partial charge in [-0.25, -0.2) is 0 Å². The SMILES string of the molecule is CC[C@H](C)n1nccc1[C@H]1C(C#N)=C(N)OC2=C1C(=O)CCC2. The zero-order valence-corrected chi connectivity index (χ0v) is 13.4. The molecule has 1 aromatic heterocycles. The number of allylic oxidation sites excluding steroid dienone is 3. The van der Waals surface area contributed by atoms with Gasteiger partial charge in [0.05, 0.1) is 11.6 Å². The van der Waals surface area contributed by atoms with Crippen LogP contribution in [0.4, 0.5) is 0 Å². The van der Waals surface area contributed by atoms with E-state index >= 15 is 0 Å². The molecule has 2 N–H and O–H groups in total. The number of nitrogens with zero attached hydrogens (tertiary/aromatic N) is 3. The number of hydrogen-bond acceptors (Lipinski definition) is 5. The van der Waals surface area contributed by atoms with Gasteiger partial charge in [0.15, 0.2) is 5.78 Å². The molecular formula is C17H20N4O2. The molecule has 2 aliphatic rings. The number of ether oxygens (including phenoxy) is 1. The summed E-state index contributed by atoms with van der Waals surface area (Å²) in [5.74, 6) is 0.268. The fourth-order valence-electron chi connectivity index (χ4n) is 3.25. The molecule has 0 aromatic carbocycles. The molecule has 6 nitrogen and oxygen atoms in total. The van der Waals surface area contributed by atoms with Crippen molar-refractivity contribution in [3.05, 3.63) is 40.7 Å². The average molecular weight is 312 g/mol. The van der Waals surface area contributed by atoms with Gasteiger partial charge in [-0.1, -0.05) is 6.92 Å². The number of nitrogens with two attached hydrogens (primary N) is 1. The van der Waals surface area contributed by atoms with Crippen LogP contribution in [-0.2, 0) is 9.53 Å². The van der Waals surface area contributed by atoms with Crippen LogP contribution in [-0.4, -0.2) is 15.6 Å². The monoisotopic (exact) mass is 312 g/mol. The fourth-order valence-corrected chi connectivity index (χ4v) is 3.25. The van der Waals surface area contributed by atoms with Crippen LogP contribution in [0.1, 0.15) is 57.2 Å². The predicted molar refractivity (Wildman–Crippen MR) is 83.8 cm³/mol. The second-order valence-corrected chi connectivity index (χ2v) is 6.00. The van der Waals surface area contributed by atoms with Gasteiger partial charge in [-0.3, -0.25) is 9.48 Å². The Balaban J connectivity index is 2.18. The van der Waals surface area contributed by atoms with Gasteiger partial charge < -0.3 is 10.5 Å². The zero-order valence-electron chi connectivity index (χ0n) is 13.4. The lowest BCUT2D eigenvalue weighted by molar-refractivity contribution is -0.116. The van der Waals surface area contributed by atoms with Gasteiger partial charge in [-0.15, -0.1) is 0 Å². The number of rotatable bonds is 3. The summed E-state index contributed by atoms with van der Waals surface area (Å²) < 4.78 is 7.47. The number of ketones is 1. The Morgan fingerprint density at radius 3 is 3.04 bits per heavy atom. The summed E-state index contributed by atoms with van der Waals surface area (Å²) in [6.45, 7) is 4.14. The number of carbonyl (C=O) groups excluding carboxylic acids is 1. The molecule has 2 heterocycles. The summed E-state index contributed by atoms with van der Waals surface area (Å²) in [6.07, 6.45) is 4.52. The Kier molecular flexibility index (Phi) is 3.95. The number of Topliss-reactive ketones (excluding diaryl/α,β-unsaturated/α-hetero) is 1. The maximum absolute atomic E-state index is 12.5. The van der Waals surface area contributed by atoms with Crippen molar-refractivity contribution in [3.8, 4) is 6.07 Å². The molecule has 2 atom stereocenters. The number of aromatic nitrogens is 2. The van der Waals surface area contributed by atoms with Crippen molar-refractivity contribution in [1.29, 1.82) is 5.26 Å². The van der Waals surface area contributed by atoms with E-state index in [9.17, 15) is 10.1 Å². The van der Waals surface area contributed by atoms with Gasteiger partial charge in [-0.2, -0.15) is 10.4 Å². The minimum atomic E-state index is -0.479. The summed E-state index contributed by atoms with van der Waals surface area (Å²) in [5.41, 5.74) is 7.65. The Morgan fingerprint density at radius 1 is 1.57 bits per heavy atom. The zero-order chi connectivity index (χ0) is 16.6. The molecule has 1 aliphatic heterocycles. The third-order valence-corrected chi connectivity index (χ3v) is 4.61. The van der Waals surface area contributed by atoms with Crippen LogP contribution >= 0.6 is 0 Å². The molecule has 0 bridgehead atoms. The average Bonchev–Trinajstić information content (AvgIpc) is 3.02. The highest BCUT2D eigenvalue weighted by Crippen LogP contribution is 2.43. The second kappa shape index (κ2) is 5.92. The molecule has 23 heavy (non-hydrogen) atoms. The Labute approximate surface area is 135 Å². The molecule has 0 amide bonds. The van der Waals surface area contributed by atoms with E-state index in [0.717, 1.165) is 18.5 Å². The van der Waals surface area contributed by atoms with Crippen LogP contribution in [0.5, 0.6) is 0 Å². The first-order valence-electron chi connectivity index (χ1n) is 7.95. The minimum Gasteiger partial charge on any atom is -0.444 e. The largest absolute Gasteiger partial charge is 0.444 e. The predicted octanol–water partition coefficient (Wildman–Crippen LogP) is 2.67. The minimum absolute atomic E-state index is 0.0356. The quantitative estimate of drug-likeness (QED) is 0.926. The van der Waals surface area contributed by atoms with Crippen LogP contribution in [0, 0.1) is 11.3 Å². The molecule has 0 saturated carbocycles. The molecule has 0 unspecified atom stereocenters. The van der Waals surface area contributed by atoms with Crippen molar-refractivity contribution in [3.63, 3.8) is 0 Å². The van der Waals surface area contributed by atoms with Gasteiger partial charge in [0.25, 0.3) is 0 Å². The standard InChI is InChI=1S/C17H20N4O2/c1-3-10(2)21-12(7-8-20-21)15-11(9-18)17(19)23-14-6-4-5-13(22)16(14)15/h7-8,10,15H,3-6,19H2,1-2H3/t10-,15+/m0/s1. The van der Waals surface area contributed by atoms with Crippen molar-refractivity contribution in [2.45, 2.75) is 51.5 Å². The Morgan fingerprint density at radius 2 is 2.35 bits per heavy atom. The summed E-state index contributed by atoms with van der Waals surface area (Å²) >= 11 is 0. The summed E-state index contributed by atoms with van der Waals surface area (Å²) in [6, 6.07) is 4.17. The Bertz CT molecular complexity index is 751. The van der Waals surface area contributed by atoms with E-state index in [1.807, 2.05) is 10.7 Å². The molecule has 6 heteroatoms. The smallest absolute Gasteiger partial charge is 0.205 e. The lowest BCUT2D eigenvalue weighted by atomic mass is 9.79. The van der Waals surface area contributed by atoms with E-state index in [4.69, 9.17) is 10.5 Å². The van der Waals surface area contributed by atoms with Crippen LogP contribution in [0.3, 0.4) is 0 Å². The third-order valence-electron chi connectivity index (χ3n) is 4.61. The van der Waals surface area contributed by atoms with Crippen LogP contribution in [0.15, 0.2) is 35.1 Å². The summed E-state index contributed by atoms with van der Waals surface area (Å²) in [5, 5.41) is 14.0. The van der Waals surface area contributed by atoms with E-state index in [2.05, 4.69) is 25.0 Å². The van der Waals surface area contributed by atoms with Gasteiger partial charge >= 0.3 is 0 Å². The van der Waals surface area contributed by atoms with E-state index in [1.54, 1.807) is 6.20 Å². The molecule has 0 fully saturated rings. The van der Waals surface area contributed by atoms with Crippen molar-refractivity contribution >= 4 is 5.78 Å². The van der Waals surface area contributed by atoms with Gasteiger partial charge in [0, 0.05) is 30.7 Å². The van der Waals surface area contributed by atoms with E-state index in [-0.39, 0.29) is 17.7 Å². The van der Waals surface area contributed by atoms with Gasteiger partial charge in [-0.05, 0) is 25.8 Å². The molecule has 1 aromatic rings. The van der Waals surface area contributed by atoms with Crippen molar-refractivity contribution < 1.29 is 9.53 Å². The molecule has 120 valence electrons. The van der Waals surface area contributed by atoms with Crippen molar-refractivity contribution in [1.82, 2.24) is 9.78 Å². The fraction of sp³-hybridized carbons (Fsp3) is 0.471. The maximum Gasteiger partial charge on any atom is 0.205 e. The van der Waals surface area contributed by atoms with E-state index in [1.165, 1.54) is 0 Å². The number of nitriles is 1. The van der Waals surface area contributed by atoms with E-state index < -0.39 is 5.92 Å². The topological polar surface area (TPSA) is 93.9 Å². The molecule has 3 rings (SSSR count). The maximum atomic E-state index is 12.5. The number of hydrogen-bond donors (Lipinski definition) is 1. The van der Waals surface area contributed by atoms with Crippen LogP contribution in [0.2, 0.25) is 0 Å². The normalized spacial score (nSPS) is 22.5. The summed E-state index contributed by atoms with van der Waals surface area (Å²) in [7, 11) is 0. The van der Waals surface area contributed by atoms with Crippen LogP contribution < -0.4 is 5.73 Å². The highest BCUT2D eigenvalue weighted by atomic mass is 16.5. The molecule has 0 spiro atoms. The molecule has 0 radical (unpaired) electrons. The van der Waals surface area contributed by atoms with E-state index in [0.29, 0.717) is 29.7 Å². The first-order valence-corrected chi connectivity index (χ1v) is 7.95. The van der Waals surface area contributed by atoms with Crippen LogP contribution in [0.25, 0.3) is 0 Å². The van der Waals surface area contributed by atoms with Crippen molar-refractivity contribution in [2.24, 2.45) is 5.73 Å². The first-order chi connectivity index (χ1) is 11.1. The van der Waals surface area contributed by atoms with Gasteiger partial charge in [0.2, 0.25) is 5.88 Å². The third kappa shape index (κ3) is 2.42. The lowest BCUT2D eigenvalue weighted by Gasteiger charge is -2.31. The van der Waals surface area contributed by atoms with Gasteiger partial charge in [0.1, 0.15) is 17.4 Å². The lowest BCUT2D eigenvalue weighted by Crippen LogP contribution is -2.29. The summed E-state index contributed by atoms with van der Waals surface area (Å²) in [4.78, 5) is 12.5. The Hall–Kier alpha value is -2.55.